The fourth-order valence-electron chi connectivity index (χ4n) is 6.79. The van der Waals surface area contributed by atoms with Crippen molar-refractivity contribution in [3.63, 3.8) is 0 Å². The largest absolute Gasteiger partial charge is 0.454 e. The Balaban J connectivity index is 1.26. The summed E-state index contributed by atoms with van der Waals surface area (Å²) >= 11 is 6.03. The van der Waals surface area contributed by atoms with Crippen LogP contribution in [0.3, 0.4) is 0 Å². The minimum atomic E-state index is -1.14. The summed E-state index contributed by atoms with van der Waals surface area (Å²) < 4.78 is 5.39. The minimum Gasteiger partial charge on any atom is -0.454 e. The highest BCUT2D eigenvalue weighted by molar-refractivity contribution is 6.31. The molecule has 1 heterocycles. The summed E-state index contributed by atoms with van der Waals surface area (Å²) in [6.07, 6.45) is 0. The van der Waals surface area contributed by atoms with E-state index in [1.54, 1.807) is 32.0 Å². The molecule has 1 aliphatic heterocycles. The molecule has 0 saturated carbocycles. The smallest absolute Gasteiger partial charge is 0.330 e. The molecule has 1 N–H and O–H groups in total. The van der Waals surface area contributed by atoms with Gasteiger partial charge in [-0.1, -0.05) is 80.0 Å². The van der Waals surface area contributed by atoms with Gasteiger partial charge in [-0.2, -0.15) is 0 Å². The summed E-state index contributed by atoms with van der Waals surface area (Å²) in [6.45, 7) is 4.80. The van der Waals surface area contributed by atoms with Crippen molar-refractivity contribution in [2.24, 2.45) is 17.8 Å². The first-order valence-electron chi connectivity index (χ1n) is 13.5. The second kappa shape index (κ2) is 9.89. The lowest BCUT2D eigenvalue weighted by Crippen LogP contribution is -2.49. The van der Waals surface area contributed by atoms with E-state index in [9.17, 15) is 19.2 Å². The number of nitrogens with one attached hydrogen (secondary N) is 1. The van der Waals surface area contributed by atoms with Crippen LogP contribution in [0.1, 0.15) is 53.5 Å². The SMILES string of the molecule is Cc1ccc(Cl)cc1NC(=O)COC(=O)[C@H](C(C)C)N1C(=O)[C@@H]2C3c4ccccc4C(c4ccccc43)[C@H]2C1=O. The van der Waals surface area contributed by atoms with E-state index in [2.05, 4.69) is 5.32 Å². The van der Waals surface area contributed by atoms with Crippen LogP contribution in [0.25, 0.3) is 0 Å². The van der Waals surface area contributed by atoms with E-state index in [0.29, 0.717) is 10.7 Å². The van der Waals surface area contributed by atoms with Crippen LogP contribution < -0.4 is 5.32 Å². The monoisotopic (exact) mass is 556 g/mol. The number of benzene rings is 3. The van der Waals surface area contributed by atoms with Gasteiger partial charge in [0.25, 0.3) is 5.91 Å². The number of likely N-dealkylation sites (tertiary alicyclic amines) is 1. The Morgan fingerprint density at radius 1 is 0.875 bits per heavy atom. The summed E-state index contributed by atoms with van der Waals surface area (Å²) in [6, 6.07) is 19.9. The molecule has 0 unspecified atom stereocenters. The minimum absolute atomic E-state index is 0.264. The van der Waals surface area contributed by atoms with Crippen molar-refractivity contribution >= 4 is 41.0 Å². The molecule has 0 aromatic heterocycles. The molecule has 7 nitrogen and oxygen atoms in total. The number of amides is 3. The average molecular weight is 557 g/mol. The lowest BCUT2D eigenvalue weighted by Gasteiger charge is -2.45. The number of nitrogens with zero attached hydrogens (tertiary/aromatic N) is 1. The van der Waals surface area contributed by atoms with Gasteiger partial charge < -0.3 is 10.1 Å². The number of anilines is 1. The zero-order chi connectivity index (χ0) is 28.3. The number of aryl methyl sites for hydroxylation is 1. The second-order valence-corrected chi connectivity index (χ2v) is 11.6. The van der Waals surface area contributed by atoms with Crippen LogP contribution in [0.2, 0.25) is 5.02 Å². The normalized spacial score (nSPS) is 23.0. The zero-order valence-electron chi connectivity index (χ0n) is 22.4. The molecule has 4 aliphatic rings. The molecular weight excluding hydrogens is 528 g/mol. The molecule has 3 aliphatic carbocycles. The summed E-state index contributed by atoms with van der Waals surface area (Å²) in [7, 11) is 0. The number of halogens is 1. The topological polar surface area (TPSA) is 92.8 Å². The molecule has 40 heavy (non-hydrogen) atoms. The predicted octanol–water partition coefficient (Wildman–Crippen LogP) is 5.05. The third-order valence-corrected chi connectivity index (χ3v) is 8.69. The lowest BCUT2D eigenvalue weighted by molar-refractivity contribution is -0.162. The van der Waals surface area contributed by atoms with Gasteiger partial charge in [-0.3, -0.25) is 19.3 Å². The maximum absolute atomic E-state index is 14.1. The highest BCUT2D eigenvalue weighted by Gasteiger charge is 2.63. The number of carbonyl (C=O) groups excluding carboxylic acids is 4. The van der Waals surface area contributed by atoms with Gasteiger partial charge in [0.05, 0.1) is 11.8 Å². The Kier molecular flexibility index (Phi) is 6.50. The number of hydrogen-bond acceptors (Lipinski definition) is 5. The third-order valence-electron chi connectivity index (χ3n) is 8.45. The first-order valence-corrected chi connectivity index (χ1v) is 13.8. The van der Waals surface area contributed by atoms with Gasteiger partial charge in [-0.05, 0) is 52.8 Å². The Hall–Kier alpha value is -3.97. The molecule has 3 aromatic rings. The Bertz CT molecular complexity index is 1450. The van der Waals surface area contributed by atoms with Crippen molar-refractivity contribution in [3.8, 4) is 0 Å². The van der Waals surface area contributed by atoms with Gasteiger partial charge in [0.2, 0.25) is 11.8 Å². The molecule has 8 heteroatoms. The summed E-state index contributed by atoms with van der Waals surface area (Å²) in [4.78, 5) is 55.2. The van der Waals surface area contributed by atoms with Crippen molar-refractivity contribution in [1.29, 1.82) is 0 Å². The number of ether oxygens (including phenoxy) is 1. The number of esters is 1. The van der Waals surface area contributed by atoms with E-state index in [1.165, 1.54) is 0 Å². The molecule has 3 aromatic carbocycles. The second-order valence-electron chi connectivity index (χ2n) is 11.1. The van der Waals surface area contributed by atoms with Crippen molar-refractivity contribution in [2.75, 3.05) is 11.9 Å². The maximum atomic E-state index is 14.1. The highest BCUT2D eigenvalue weighted by Crippen LogP contribution is 2.61. The van der Waals surface area contributed by atoms with E-state index >= 15 is 0 Å². The van der Waals surface area contributed by atoms with Gasteiger partial charge in [0, 0.05) is 22.5 Å². The molecule has 1 saturated heterocycles. The van der Waals surface area contributed by atoms with Gasteiger partial charge in [0.15, 0.2) is 6.61 Å². The molecule has 204 valence electrons. The molecule has 1 fully saturated rings. The molecule has 3 amide bonds. The van der Waals surface area contributed by atoms with Crippen molar-refractivity contribution in [3.05, 3.63) is 99.6 Å². The quantitative estimate of drug-likeness (QED) is 0.339. The number of imide groups is 1. The van der Waals surface area contributed by atoms with Crippen molar-refractivity contribution in [2.45, 2.75) is 38.6 Å². The Labute approximate surface area is 237 Å². The first kappa shape index (κ1) is 26.3. The maximum Gasteiger partial charge on any atom is 0.330 e. The summed E-state index contributed by atoms with van der Waals surface area (Å²) in [5, 5.41) is 3.16. The highest BCUT2D eigenvalue weighted by atomic mass is 35.5. The molecule has 2 bridgehead atoms. The number of carbonyl (C=O) groups is 4. The fourth-order valence-corrected chi connectivity index (χ4v) is 6.96. The molecular formula is C32H29ClN2O5. The number of rotatable bonds is 6. The third kappa shape index (κ3) is 4.03. The number of hydrogen-bond donors (Lipinski definition) is 1. The van der Waals surface area contributed by atoms with E-state index in [-0.39, 0.29) is 23.7 Å². The molecule has 0 spiro atoms. The first-order chi connectivity index (χ1) is 19.2. The van der Waals surface area contributed by atoms with Gasteiger partial charge in [-0.15, -0.1) is 0 Å². The summed E-state index contributed by atoms with van der Waals surface area (Å²) in [5.74, 6) is -4.17. The van der Waals surface area contributed by atoms with E-state index in [0.717, 1.165) is 32.7 Å². The van der Waals surface area contributed by atoms with Crippen LogP contribution in [0, 0.1) is 24.7 Å². The van der Waals surface area contributed by atoms with Crippen LogP contribution in [0.5, 0.6) is 0 Å². The van der Waals surface area contributed by atoms with Gasteiger partial charge >= 0.3 is 5.97 Å². The van der Waals surface area contributed by atoms with E-state index < -0.39 is 42.3 Å². The standard InChI is InChI=1S/C32H29ClN2O5/c1-16(2)29(32(39)40-15-24(36)34-23-14-18(33)13-12-17(23)3)35-30(37)27-25-19-8-4-5-9-20(19)26(28(27)31(35)38)22-11-7-6-10-21(22)25/h4-14,16,25-29H,15H2,1-3H3,(H,34,36)/t25?,26?,27-,28-,29+/m1/s1. The van der Waals surface area contributed by atoms with E-state index in [1.807, 2.05) is 55.5 Å². The zero-order valence-corrected chi connectivity index (χ0v) is 23.1. The van der Waals surface area contributed by atoms with Crippen LogP contribution in [-0.2, 0) is 23.9 Å². The summed E-state index contributed by atoms with van der Waals surface area (Å²) in [5.41, 5.74) is 5.56. The van der Waals surface area contributed by atoms with Crippen molar-refractivity contribution < 1.29 is 23.9 Å². The molecule has 3 atom stereocenters. The predicted molar refractivity (Wildman–Crippen MR) is 150 cm³/mol. The lowest BCUT2D eigenvalue weighted by atomic mass is 9.55. The van der Waals surface area contributed by atoms with Crippen LogP contribution >= 0.6 is 11.6 Å². The molecule has 0 radical (unpaired) electrons. The van der Waals surface area contributed by atoms with Crippen molar-refractivity contribution in [1.82, 2.24) is 4.90 Å². The van der Waals surface area contributed by atoms with Gasteiger partial charge in [0.1, 0.15) is 6.04 Å². The van der Waals surface area contributed by atoms with Crippen LogP contribution in [0.4, 0.5) is 5.69 Å². The average Bonchev–Trinajstić information content (AvgIpc) is 3.20. The van der Waals surface area contributed by atoms with Gasteiger partial charge in [-0.25, -0.2) is 4.79 Å². The molecule has 7 rings (SSSR count). The Morgan fingerprint density at radius 2 is 1.38 bits per heavy atom. The fraction of sp³-hybridized carbons (Fsp3) is 0.312. The van der Waals surface area contributed by atoms with E-state index in [4.69, 9.17) is 16.3 Å². The van der Waals surface area contributed by atoms with Crippen LogP contribution in [-0.4, -0.2) is 41.2 Å². The van der Waals surface area contributed by atoms with Crippen LogP contribution in [0.15, 0.2) is 66.7 Å². The Morgan fingerprint density at radius 3 is 1.85 bits per heavy atom.